The number of benzene rings is 3. The van der Waals surface area contributed by atoms with Crippen LogP contribution in [0.4, 0.5) is 20.2 Å². The Kier molecular flexibility index (Phi) is 7.09. The highest BCUT2D eigenvalue weighted by atomic mass is 35.5. The van der Waals surface area contributed by atoms with Crippen LogP contribution < -0.4 is 14.8 Å². The first-order valence-electron chi connectivity index (χ1n) is 8.99. The van der Waals surface area contributed by atoms with Crippen LogP contribution in [0.5, 0.6) is 5.75 Å². The Bertz CT molecular complexity index is 1190. The number of nitrogens with one attached hydrogen (secondary N) is 2. The quantitative estimate of drug-likeness (QED) is 0.498. The van der Waals surface area contributed by atoms with E-state index in [-0.39, 0.29) is 40.3 Å². The molecule has 31 heavy (non-hydrogen) atoms. The van der Waals surface area contributed by atoms with Gasteiger partial charge in [-0.15, -0.1) is 0 Å². The van der Waals surface area contributed by atoms with E-state index in [0.717, 1.165) is 12.1 Å². The Labute approximate surface area is 182 Å². The average molecular weight is 467 g/mol. The van der Waals surface area contributed by atoms with E-state index in [2.05, 4.69) is 10.0 Å². The molecule has 0 radical (unpaired) electrons. The number of carbonyl (C=O) groups is 1. The highest BCUT2D eigenvalue weighted by Gasteiger charge is 2.15. The highest BCUT2D eigenvalue weighted by molar-refractivity contribution is 7.92. The van der Waals surface area contributed by atoms with E-state index >= 15 is 0 Å². The van der Waals surface area contributed by atoms with Gasteiger partial charge in [0, 0.05) is 5.69 Å². The molecule has 0 heterocycles. The van der Waals surface area contributed by atoms with E-state index in [9.17, 15) is 22.0 Å². The molecule has 3 aromatic rings. The predicted molar refractivity (Wildman–Crippen MR) is 114 cm³/mol. The van der Waals surface area contributed by atoms with Gasteiger partial charge >= 0.3 is 0 Å². The highest BCUT2D eigenvalue weighted by Crippen LogP contribution is 2.25. The molecule has 0 aromatic heterocycles. The summed E-state index contributed by atoms with van der Waals surface area (Å²) in [5, 5.41) is 2.71. The Morgan fingerprint density at radius 2 is 1.65 bits per heavy atom. The molecule has 3 rings (SSSR count). The van der Waals surface area contributed by atoms with E-state index in [1.807, 2.05) is 0 Å². The molecular weight excluding hydrogens is 450 g/mol. The van der Waals surface area contributed by atoms with Gasteiger partial charge in [-0.1, -0.05) is 17.7 Å². The van der Waals surface area contributed by atoms with Crippen LogP contribution in [0.25, 0.3) is 0 Å². The number of carbonyl (C=O) groups excluding carboxylic acids is 1. The van der Waals surface area contributed by atoms with Crippen molar-refractivity contribution in [3.63, 3.8) is 0 Å². The summed E-state index contributed by atoms with van der Waals surface area (Å²) in [6, 6.07) is 14.2. The zero-order chi connectivity index (χ0) is 22.4. The normalized spacial score (nSPS) is 11.1. The fourth-order valence-corrected chi connectivity index (χ4v) is 3.82. The summed E-state index contributed by atoms with van der Waals surface area (Å²) in [5.74, 6) is -1.17. The van der Waals surface area contributed by atoms with Crippen molar-refractivity contribution < 1.29 is 26.7 Å². The van der Waals surface area contributed by atoms with E-state index in [0.29, 0.717) is 5.69 Å². The lowest BCUT2D eigenvalue weighted by molar-refractivity contribution is -0.116. The lowest BCUT2D eigenvalue weighted by atomic mass is 10.3. The lowest BCUT2D eigenvalue weighted by Crippen LogP contribution is -2.16. The number of hydrogen-bond acceptors (Lipinski definition) is 4. The third-order valence-electron chi connectivity index (χ3n) is 4.01. The Balaban J connectivity index is 1.54. The topological polar surface area (TPSA) is 84.5 Å². The van der Waals surface area contributed by atoms with Gasteiger partial charge < -0.3 is 10.1 Å². The van der Waals surface area contributed by atoms with Crippen LogP contribution in [0, 0.1) is 11.6 Å². The third kappa shape index (κ3) is 6.40. The molecule has 0 aliphatic heterocycles. The summed E-state index contributed by atoms with van der Waals surface area (Å²) < 4.78 is 58.7. The molecule has 0 saturated carbocycles. The first kappa shape index (κ1) is 22.5. The number of hydrogen-bond donors (Lipinski definition) is 2. The molecule has 0 aliphatic carbocycles. The fraction of sp³-hybridized carbons (Fsp3) is 0.0952. The van der Waals surface area contributed by atoms with Gasteiger partial charge in [0.25, 0.3) is 10.0 Å². The van der Waals surface area contributed by atoms with Crippen molar-refractivity contribution in [2.75, 3.05) is 16.6 Å². The zero-order valence-electron chi connectivity index (χ0n) is 15.9. The van der Waals surface area contributed by atoms with Crippen molar-refractivity contribution in [1.29, 1.82) is 0 Å². The molecule has 0 atom stereocenters. The predicted octanol–water partition coefficient (Wildman–Crippen LogP) is 4.83. The SMILES string of the molecule is O=C(CCOc1ccc(F)cc1Cl)Nc1ccc(S(=O)(=O)Nc2cccc(F)c2)cc1. The van der Waals surface area contributed by atoms with Gasteiger partial charge in [-0.3, -0.25) is 9.52 Å². The first-order chi connectivity index (χ1) is 14.7. The van der Waals surface area contributed by atoms with Gasteiger partial charge in [-0.25, -0.2) is 17.2 Å². The molecule has 162 valence electrons. The van der Waals surface area contributed by atoms with Crippen molar-refractivity contribution in [3.8, 4) is 5.75 Å². The number of sulfonamides is 1. The third-order valence-corrected chi connectivity index (χ3v) is 5.70. The molecular formula is C21H17ClF2N2O4S. The van der Waals surface area contributed by atoms with Crippen LogP contribution in [-0.4, -0.2) is 20.9 Å². The van der Waals surface area contributed by atoms with E-state index < -0.39 is 21.7 Å². The average Bonchev–Trinajstić information content (AvgIpc) is 2.70. The van der Waals surface area contributed by atoms with E-state index in [1.165, 1.54) is 54.6 Å². The summed E-state index contributed by atoms with van der Waals surface area (Å²) >= 11 is 5.85. The Morgan fingerprint density at radius 1 is 0.935 bits per heavy atom. The second-order valence-electron chi connectivity index (χ2n) is 6.36. The number of amides is 1. The van der Waals surface area contributed by atoms with Crippen LogP contribution in [0.1, 0.15) is 6.42 Å². The van der Waals surface area contributed by atoms with E-state index in [4.69, 9.17) is 16.3 Å². The Morgan fingerprint density at radius 3 is 2.32 bits per heavy atom. The molecule has 0 bridgehead atoms. The van der Waals surface area contributed by atoms with Crippen LogP contribution in [0.3, 0.4) is 0 Å². The molecule has 0 spiro atoms. The number of anilines is 2. The van der Waals surface area contributed by atoms with Crippen LogP contribution >= 0.6 is 11.6 Å². The monoisotopic (exact) mass is 466 g/mol. The first-order valence-corrected chi connectivity index (χ1v) is 10.9. The van der Waals surface area contributed by atoms with E-state index in [1.54, 1.807) is 0 Å². The molecule has 0 aliphatic rings. The van der Waals surface area contributed by atoms with Crippen molar-refractivity contribution in [2.45, 2.75) is 11.3 Å². The summed E-state index contributed by atoms with van der Waals surface area (Å²) in [6.07, 6.45) is -0.00508. The zero-order valence-corrected chi connectivity index (χ0v) is 17.5. The molecule has 10 heteroatoms. The van der Waals surface area contributed by atoms with Gasteiger partial charge in [0.15, 0.2) is 0 Å². The maximum absolute atomic E-state index is 13.2. The van der Waals surface area contributed by atoms with Crippen molar-refractivity contribution >= 4 is 38.9 Å². The molecule has 0 saturated heterocycles. The van der Waals surface area contributed by atoms with Crippen LogP contribution in [0.2, 0.25) is 5.02 Å². The maximum Gasteiger partial charge on any atom is 0.261 e. The van der Waals surface area contributed by atoms with Crippen LogP contribution in [-0.2, 0) is 14.8 Å². The second-order valence-corrected chi connectivity index (χ2v) is 8.45. The summed E-state index contributed by atoms with van der Waals surface area (Å²) in [7, 11) is -3.92. The standard InChI is InChI=1S/C21H17ClF2N2O4S/c22-19-13-15(24)4-9-20(19)30-11-10-21(27)25-16-5-7-18(8-6-16)31(28,29)26-17-3-1-2-14(23)12-17/h1-9,12-13,26H,10-11H2,(H,25,27). The van der Waals surface area contributed by atoms with Crippen LogP contribution in [0.15, 0.2) is 71.6 Å². The minimum atomic E-state index is -3.92. The molecule has 0 unspecified atom stereocenters. The maximum atomic E-state index is 13.2. The van der Waals surface area contributed by atoms with Gasteiger partial charge in [0.2, 0.25) is 5.91 Å². The van der Waals surface area contributed by atoms with Crippen molar-refractivity contribution in [2.24, 2.45) is 0 Å². The van der Waals surface area contributed by atoms with Gasteiger partial charge in [0.1, 0.15) is 17.4 Å². The molecule has 2 N–H and O–H groups in total. The molecule has 0 fully saturated rings. The van der Waals surface area contributed by atoms with Gasteiger partial charge in [-0.2, -0.15) is 0 Å². The van der Waals surface area contributed by atoms with Crippen molar-refractivity contribution in [1.82, 2.24) is 0 Å². The Hall–Kier alpha value is -3.17. The molecule has 6 nitrogen and oxygen atoms in total. The minimum Gasteiger partial charge on any atom is -0.491 e. The second kappa shape index (κ2) is 9.76. The van der Waals surface area contributed by atoms with Gasteiger partial charge in [-0.05, 0) is 60.7 Å². The summed E-state index contributed by atoms with van der Waals surface area (Å²) in [6.45, 7) is 0.0151. The lowest BCUT2D eigenvalue weighted by Gasteiger charge is -2.10. The summed E-state index contributed by atoms with van der Waals surface area (Å²) in [4.78, 5) is 12.0. The van der Waals surface area contributed by atoms with Gasteiger partial charge in [0.05, 0.1) is 28.6 Å². The fourth-order valence-electron chi connectivity index (χ4n) is 2.55. The molecule has 3 aromatic carbocycles. The molecule has 1 amide bonds. The van der Waals surface area contributed by atoms with Crippen molar-refractivity contribution in [3.05, 3.63) is 83.4 Å². The smallest absolute Gasteiger partial charge is 0.261 e. The summed E-state index contributed by atoms with van der Waals surface area (Å²) in [5.41, 5.74) is 0.480. The largest absolute Gasteiger partial charge is 0.491 e. The number of ether oxygens (including phenoxy) is 1. The minimum absolute atomic E-state index is 0.00508. The number of halogens is 3. The number of rotatable bonds is 8.